The molecule has 2 rings (SSSR count). The maximum atomic E-state index is 12.8. The maximum absolute atomic E-state index is 12.8. The fourth-order valence-corrected chi connectivity index (χ4v) is 4.23. The lowest BCUT2D eigenvalue weighted by molar-refractivity contribution is -0.132. The molecule has 28 heavy (non-hydrogen) atoms. The highest BCUT2D eigenvalue weighted by Gasteiger charge is 2.30. The van der Waals surface area contributed by atoms with Gasteiger partial charge < -0.3 is 15.0 Å². The molecule has 0 unspecified atom stereocenters. The van der Waals surface area contributed by atoms with E-state index in [0.29, 0.717) is 13.1 Å². The first-order chi connectivity index (χ1) is 13.3. The Morgan fingerprint density at radius 2 is 1.68 bits per heavy atom. The number of sulfonamides is 1. The van der Waals surface area contributed by atoms with Crippen LogP contribution in [0.15, 0.2) is 29.2 Å². The Morgan fingerprint density at radius 1 is 1.07 bits per heavy atom. The lowest BCUT2D eigenvalue weighted by Crippen LogP contribution is -2.50. The molecule has 0 bridgehead atoms. The quantitative estimate of drug-likeness (QED) is 0.643. The summed E-state index contributed by atoms with van der Waals surface area (Å²) < 4.78 is 31.8. The monoisotopic (exact) mass is 411 g/mol. The van der Waals surface area contributed by atoms with Gasteiger partial charge in [-0.3, -0.25) is 9.59 Å². The molecule has 1 aromatic carbocycles. The Balaban J connectivity index is 1.94. The Bertz CT molecular complexity index is 814. The SMILES string of the molecule is CCOC(=O)c1ccc(S(=O)(=O)N2CCN(C(=O)CCNC(C)=O)CC2)cc1. The molecule has 1 heterocycles. The number of nitrogens with one attached hydrogen (secondary N) is 1. The van der Waals surface area contributed by atoms with Crippen molar-refractivity contribution in [3.63, 3.8) is 0 Å². The first-order valence-electron chi connectivity index (χ1n) is 9.05. The Morgan fingerprint density at radius 3 is 2.21 bits per heavy atom. The maximum Gasteiger partial charge on any atom is 0.338 e. The number of nitrogens with zero attached hydrogens (tertiary/aromatic N) is 2. The fourth-order valence-electron chi connectivity index (χ4n) is 2.81. The summed E-state index contributed by atoms with van der Waals surface area (Å²) in [5, 5.41) is 2.56. The van der Waals surface area contributed by atoms with Crippen LogP contribution in [0, 0.1) is 0 Å². The van der Waals surface area contributed by atoms with Crippen LogP contribution in [-0.4, -0.2) is 74.7 Å². The van der Waals surface area contributed by atoms with Gasteiger partial charge in [-0.2, -0.15) is 4.31 Å². The molecule has 2 amide bonds. The van der Waals surface area contributed by atoms with Crippen LogP contribution < -0.4 is 5.32 Å². The van der Waals surface area contributed by atoms with Gasteiger partial charge in [-0.15, -0.1) is 0 Å². The van der Waals surface area contributed by atoms with Crippen LogP contribution in [0.4, 0.5) is 0 Å². The summed E-state index contributed by atoms with van der Waals surface area (Å²) >= 11 is 0. The summed E-state index contributed by atoms with van der Waals surface area (Å²) in [5.74, 6) is -0.819. The van der Waals surface area contributed by atoms with Gasteiger partial charge in [0.25, 0.3) is 0 Å². The van der Waals surface area contributed by atoms with Crippen LogP contribution in [0.3, 0.4) is 0 Å². The summed E-state index contributed by atoms with van der Waals surface area (Å²) in [6.07, 6.45) is 0.182. The molecular formula is C18H25N3O6S. The fraction of sp³-hybridized carbons (Fsp3) is 0.500. The number of carbonyl (C=O) groups excluding carboxylic acids is 3. The summed E-state index contributed by atoms with van der Waals surface area (Å²) in [7, 11) is -3.71. The predicted molar refractivity (Wildman–Crippen MR) is 101 cm³/mol. The van der Waals surface area contributed by atoms with Gasteiger partial charge in [0.15, 0.2) is 0 Å². The zero-order valence-corrected chi connectivity index (χ0v) is 16.8. The smallest absolute Gasteiger partial charge is 0.338 e. The second-order valence-electron chi connectivity index (χ2n) is 6.26. The third-order valence-corrected chi connectivity index (χ3v) is 6.22. The summed E-state index contributed by atoms with van der Waals surface area (Å²) in [6.45, 7) is 4.54. The predicted octanol–water partition coefficient (Wildman–Crippen LogP) is 0.222. The van der Waals surface area contributed by atoms with Gasteiger partial charge in [0, 0.05) is 46.1 Å². The standard InChI is InChI=1S/C18H25N3O6S/c1-3-27-18(24)15-4-6-16(7-5-15)28(25,26)21-12-10-20(11-13-21)17(23)8-9-19-14(2)22/h4-7H,3,8-13H2,1-2H3,(H,19,22). The average Bonchev–Trinajstić information content (AvgIpc) is 2.68. The third-order valence-electron chi connectivity index (χ3n) is 4.31. The molecule has 0 saturated carbocycles. The van der Waals surface area contributed by atoms with E-state index in [9.17, 15) is 22.8 Å². The van der Waals surface area contributed by atoms with Crippen molar-refractivity contribution in [2.45, 2.75) is 25.2 Å². The number of piperazine rings is 1. The molecule has 0 spiro atoms. The largest absolute Gasteiger partial charge is 0.462 e. The van der Waals surface area contributed by atoms with Gasteiger partial charge in [0.2, 0.25) is 21.8 Å². The molecule has 0 aromatic heterocycles. The number of benzene rings is 1. The van der Waals surface area contributed by atoms with Gasteiger partial charge >= 0.3 is 5.97 Å². The highest BCUT2D eigenvalue weighted by molar-refractivity contribution is 7.89. The van der Waals surface area contributed by atoms with Crippen LogP contribution in [0.5, 0.6) is 0 Å². The molecule has 1 aliphatic heterocycles. The molecule has 1 saturated heterocycles. The van der Waals surface area contributed by atoms with Crippen molar-refractivity contribution in [3.05, 3.63) is 29.8 Å². The van der Waals surface area contributed by atoms with Crippen LogP contribution in [-0.2, 0) is 24.3 Å². The van der Waals surface area contributed by atoms with E-state index in [2.05, 4.69) is 5.32 Å². The van der Waals surface area contributed by atoms with Crippen molar-refractivity contribution in [3.8, 4) is 0 Å². The second kappa shape index (κ2) is 9.65. The molecule has 0 atom stereocenters. The Labute approximate surface area is 164 Å². The minimum atomic E-state index is -3.71. The molecule has 1 N–H and O–H groups in total. The van der Waals surface area contributed by atoms with Crippen LogP contribution >= 0.6 is 0 Å². The number of hydrogen-bond acceptors (Lipinski definition) is 6. The molecule has 9 nitrogen and oxygen atoms in total. The molecule has 1 fully saturated rings. The molecule has 1 aromatic rings. The summed E-state index contributed by atoms with van der Waals surface area (Å²) in [4.78, 5) is 36.3. The van der Waals surface area contributed by atoms with Crippen molar-refractivity contribution in [1.82, 2.24) is 14.5 Å². The van der Waals surface area contributed by atoms with Crippen LogP contribution in [0.25, 0.3) is 0 Å². The second-order valence-corrected chi connectivity index (χ2v) is 8.20. The zero-order valence-electron chi connectivity index (χ0n) is 16.0. The van der Waals surface area contributed by atoms with Crippen molar-refractivity contribution in [2.24, 2.45) is 0 Å². The van der Waals surface area contributed by atoms with E-state index in [0.717, 1.165) is 0 Å². The molecule has 154 valence electrons. The van der Waals surface area contributed by atoms with Gasteiger partial charge in [-0.05, 0) is 31.2 Å². The highest BCUT2D eigenvalue weighted by Crippen LogP contribution is 2.19. The topological polar surface area (TPSA) is 113 Å². The van der Waals surface area contributed by atoms with E-state index in [1.807, 2.05) is 0 Å². The lowest BCUT2D eigenvalue weighted by Gasteiger charge is -2.34. The Kier molecular flexibility index (Phi) is 7.53. The number of hydrogen-bond donors (Lipinski definition) is 1. The van der Waals surface area contributed by atoms with Crippen molar-refractivity contribution < 1.29 is 27.5 Å². The molecule has 1 aliphatic rings. The van der Waals surface area contributed by atoms with Crippen LogP contribution in [0.1, 0.15) is 30.6 Å². The van der Waals surface area contributed by atoms with Crippen molar-refractivity contribution >= 4 is 27.8 Å². The van der Waals surface area contributed by atoms with Crippen LogP contribution in [0.2, 0.25) is 0 Å². The number of esters is 1. The Hall–Kier alpha value is -2.46. The molecule has 0 radical (unpaired) electrons. The molecule has 0 aliphatic carbocycles. The minimum absolute atomic E-state index is 0.0889. The zero-order chi connectivity index (χ0) is 20.7. The van der Waals surface area contributed by atoms with Gasteiger partial charge in [0.05, 0.1) is 17.1 Å². The molecular weight excluding hydrogens is 386 g/mol. The van der Waals surface area contributed by atoms with E-state index in [-0.39, 0.29) is 54.9 Å². The minimum Gasteiger partial charge on any atom is -0.462 e. The first kappa shape index (κ1) is 21.8. The van der Waals surface area contributed by atoms with E-state index < -0.39 is 16.0 Å². The van der Waals surface area contributed by atoms with E-state index >= 15 is 0 Å². The normalized spacial score (nSPS) is 15.1. The molecule has 10 heteroatoms. The van der Waals surface area contributed by atoms with Crippen molar-refractivity contribution in [2.75, 3.05) is 39.3 Å². The number of ether oxygens (including phenoxy) is 1. The first-order valence-corrected chi connectivity index (χ1v) is 10.5. The summed E-state index contributed by atoms with van der Waals surface area (Å²) in [5.41, 5.74) is 0.287. The summed E-state index contributed by atoms with van der Waals surface area (Å²) in [6, 6.07) is 5.61. The van der Waals surface area contributed by atoms with Crippen molar-refractivity contribution in [1.29, 1.82) is 0 Å². The lowest BCUT2D eigenvalue weighted by atomic mass is 10.2. The van der Waals surface area contributed by atoms with E-state index in [1.165, 1.54) is 35.5 Å². The van der Waals surface area contributed by atoms with E-state index in [4.69, 9.17) is 4.74 Å². The van der Waals surface area contributed by atoms with Gasteiger partial charge in [-0.1, -0.05) is 0 Å². The van der Waals surface area contributed by atoms with Gasteiger partial charge in [0.1, 0.15) is 0 Å². The highest BCUT2D eigenvalue weighted by atomic mass is 32.2. The number of rotatable bonds is 7. The number of amides is 2. The van der Waals surface area contributed by atoms with Gasteiger partial charge in [-0.25, -0.2) is 13.2 Å². The average molecular weight is 411 g/mol. The third kappa shape index (κ3) is 5.52. The number of carbonyl (C=O) groups is 3. The van der Waals surface area contributed by atoms with E-state index in [1.54, 1.807) is 11.8 Å².